The summed E-state index contributed by atoms with van der Waals surface area (Å²) in [5.74, 6) is 0. The predicted molar refractivity (Wildman–Crippen MR) is 213 cm³/mol. The van der Waals surface area contributed by atoms with Gasteiger partial charge in [-0.05, 0) is 49.2 Å². The zero-order valence-electron chi connectivity index (χ0n) is 28.2. The molecule has 0 saturated carbocycles. The Morgan fingerprint density at radius 2 is 0.680 bits per heavy atom. The number of rotatable bonds is 0. The molecule has 0 aliphatic carbocycles. The summed E-state index contributed by atoms with van der Waals surface area (Å²) in [5.41, 5.74) is 15.8. The van der Waals surface area contributed by atoms with Gasteiger partial charge in [-0.15, -0.1) is 0 Å². The van der Waals surface area contributed by atoms with Crippen LogP contribution in [0.25, 0.3) is 120 Å². The first-order chi connectivity index (χ1) is 24.5. The van der Waals surface area contributed by atoms with Crippen molar-refractivity contribution in [2.75, 3.05) is 0 Å². The quantitative estimate of drug-likeness (QED) is 0.157. The van der Waals surface area contributed by atoms with Crippen molar-refractivity contribution in [2.45, 2.75) is 13.8 Å². The Balaban J connectivity index is 1.27. The maximum absolute atomic E-state index is 2.60. The molecule has 6 heterocycles. The Labute approximate surface area is 285 Å². The number of hydrogen-bond acceptors (Lipinski definition) is 0. The van der Waals surface area contributed by atoms with Crippen molar-refractivity contribution in [3.8, 4) is 0 Å². The van der Waals surface area contributed by atoms with Crippen molar-refractivity contribution in [1.29, 1.82) is 0 Å². The first-order valence-corrected chi connectivity index (χ1v) is 17.6. The van der Waals surface area contributed by atoms with Gasteiger partial charge in [0.2, 0.25) is 0 Å². The van der Waals surface area contributed by atoms with E-state index in [0.717, 1.165) is 0 Å². The summed E-state index contributed by atoms with van der Waals surface area (Å²) in [4.78, 5) is 0. The van der Waals surface area contributed by atoms with Crippen LogP contribution >= 0.6 is 0 Å². The number of hydrogen-bond donors (Lipinski definition) is 0. The number of nitrogens with zero attached hydrogens (tertiary/aromatic N) is 4. The van der Waals surface area contributed by atoms with Gasteiger partial charge in [0.05, 0.1) is 44.1 Å². The third-order valence-electron chi connectivity index (χ3n) is 12.6. The maximum atomic E-state index is 2.60. The summed E-state index contributed by atoms with van der Waals surface area (Å²) in [6.07, 6.45) is 0. The van der Waals surface area contributed by atoms with Crippen LogP contribution < -0.4 is 0 Å². The van der Waals surface area contributed by atoms with Crippen molar-refractivity contribution in [2.24, 2.45) is 14.1 Å². The van der Waals surface area contributed by atoms with Gasteiger partial charge < -0.3 is 17.9 Å². The molecule has 0 bridgehead atoms. The molecule has 0 amide bonds. The second kappa shape index (κ2) is 8.12. The molecule has 0 N–H and O–H groups in total. The van der Waals surface area contributed by atoms with Gasteiger partial charge in [-0.2, -0.15) is 0 Å². The van der Waals surface area contributed by atoms with E-state index >= 15 is 0 Å². The highest BCUT2D eigenvalue weighted by atomic mass is 15.0. The molecule has 0 fully saturated rings. The molecule has 7 aromatic carbocycles. The van der Waals surface area contributed by atoms with E-state index in [4.69, 9.17) is 0 Å². The molecule has 6 aromatic heterocycles. The number of para-hydroxylation sites is 4. The molecular weight excluding hydrogens is 609 g/mol. The van der Waals surface area contributed by atoms with Gasteiger partial charge in [-0.25, -0.2) is 0 Å². The van der Waals surface area contributed by atoms with E-state index in [2.05, 4.69) is 155 Å². The smallest absolute Gasteiger partial charge is 0.0621 e. The summed E-state index contributed by atoms with van der Waals surface area (Å²) >= 11 is 0. The molecule has 0 aliphatic rings. The van der Waals surface area contributed by atoms with Gasteiger partial charge in [-0.1, -0.05) is 84.9 Å². The Morgan fingerprint density at radius 3 is 1.12 bits per heavy atom. The first-order valence-electron chi connectivity index (χ1n) is 17.6. The van der Waals surface area contributed by atoms with Gasteiger partial charge in [-0.3, -0.25) is 0 Å². The predicted octanol–water partition coefficient (Wildman–Crippen LogP) is 11.9. The third-order valence-corrected chi connectivity index (χ3v) is 12.6. The lowest BCUT2D eigenvalue weighted by molar-refractivity contribution is 1.02. The molecule has 50 heavy (non-hydrogen) atoms. The second-order valence-electron chi connectivity index (χ2n) is 14.6. The van der Waals surface area contributed by atoms with Crippen LogP contribution in [-0.4, -0.2) is 17.9 Å². The Hall–Kier alpha value is -6.26. The summed E-state index contributed by atoms with van der Waals surface area (Å²) in [7, 11) is 4.45. The van der Waals surface area contributed by atoms with E-state index in [9.17, 15) is 0 Å². The Morgan fingerprint density at radius 1 is 0.300 bits per heavy atom. The van der Waals surface area contributed by atoms with Gasteiger partial charge >= 0.3 is 0 Å². The molecule has 0 radical (unpaired) electrons. The average Bonchev–Trinajstić information content (AvgIpc) is 3.97. The molecule has 4 nitrogen and oxygen atoms in total. The normalized spacial score (nSPS) is 13.2. The largest absolute Gasteiger partial charge is 0.343 e. The topological polar surface area (TPSA) is 18.7 Å². The SMILES string of the molecule is Cc1c2c3cccc4c5c6c(ccc5n(c2c(C)c2c5cccc7c8c9c(ccc8n(c12)c57)c1ccccc1n9C)c34)c1ccccc1n6C. The number of aromatic nitrogens is 4. The van der Waals surface area contributed by atoms with Crippen molar-refractivity contribution in [3.63, 3.8) is 0 Å². The van der Waals surface area contributed by atoms with Crippen LogP contribution in [0.3, 0.4) is 0 Å². The standard InChI is InChI=1S/C46H30N4/c1-23-37-29-13-9-15-31-40-36(22-20-28-26-12-6-8-18-34(26)48(4)46(28)40)50(43(29)31)42(37)24(2)38-30-14-10-16-32-39-35(49(41(23)38)44(30)32)21-19-27-25-11-5-7-17-33(25)47(3)45(27)39/h5-22H,1-4H3. The average molecular weight is 639 g/mol. The van der Waals surface area contributed by atoms with Crippen LogP contribution in [0.1, 0.15) is 11.1 Å². The molecule has 234 valence electrons. The fourth-order valence-corrected chi connectivity index (χ4v) is 10.7. The second-order valence-corrected chi connectivity index (χ2v) is 14.6. The van der Waals surface area contributed by atoms with Crippen LogP contribution in [0.5, 0.6) is 0 Å². The van der Waals surface area contributed by atoms with E-state index in [0.29, 0.717) is 0 Å². The molecule has 0 atom stereocenters. The lowest BCUT2D eigenvalue weighted by Gasteiger charge is -2.10. The fraction of sp³-hybridized carbons (Fsp3) is 0.0870. The van der Waals surface area contributed by atoms with Crippen molar-refractivity contribution < 1.29 is 0 Å². The lowest BCUT2D eigenvalue weighted by Crippen LogP contribution is -1.92. The highest BCUT2D eigenvalue weighted by Gasteiger charge is 2.28. The van der Waals surface area contributed by atoms with Crippen LogP contribution in [0, 0.1) is 13.8 Å². The fourth-order valence-electron chi connectivity index (χ4n) is 10.7. The third kappa shape index (κ3) is 2.52. The molecule has 0 spiro atoms. The first kappa shape index (κ1) is 25.7. The molecule has 4 heteroatoms. The van der Waals surface area contributed by atoms with Gasteiger partial charge in [0.15, 0.2) is 0 Å². The minimum absolute atomic E-state index is 1.28. The molecule has 0 saturated heterocycles. The van der Waals surface area contributed by atoms with E-state index in [-0.39, 0.29) is 0 Å². The minimum Gasteiger partial charge on any atom is -0.343 e. The zero-order chi connectivity index (χ0) is 32.9. The van der Waals surface area contributed by atoms with Gasteiger partial charge in [0.25, 0.3) is 0 Å². The lowest BCUT2D eigenvalue weighted by atomic mass is 9.96. The van der Waals surface area contributed by atoms with Crippen LogP contribution in [0.4, 0.5) is 0 Å². The zero-order valence-corrected chi connectivity index (χ0v) is 28.2. The van der Waals surface area contributed by atoms with Crippen LogP contribution in [-0.2, 0) is 14.1 Å². The number of fused-ring (bicyclic) bond motifs is 20. The molecule has 13 rings (SSSR count). The van der Waals surface area contributed by atoms with E-state index in [1.165, 1.54) is 131 Å². The molecule has 0 aliphatic heterocycles. The highest BCUT2D eigenvalue weighted by molar-refractivity contribution is 6.35. The van der Waals surface area contributed by atoms with E-state index in [1.807, 2.05) is 0 Å². The van der Waals surface area contributed by atoms with Crippen molar-refractivity contribution in [3.05, 3.63) is 120 Å². The van der Waals surface area contributed by atoms with Gasteiger partial charge in [0, 0.05) is 89.8 Å². The highest BCUT2D eigenvalue weighted by Crippen LogP contribution is 2.50. The summed E-state index contributed by atoms with van der Waals surface area (Å²) in [6, 6.07) is 41.0. The summed E-state index contributed by atoms with van der Waals surface area (Å²) in [5, 5.41) is 16.0. The molecular formula is C46H30N4. The van der Waals surface area contributed by atoms with E-state index < -0.39 is 0 Å². The van der Waals surface area contributed by atoms with Gasteiger partial charge in [0.1, 0.15) is 0 Å². The Kier molecular flexibility index (Phi) is 4.18. The summed E-state index contributed by atoms with van der Waals surface area (Å²) in [6.45, 7) is 4.73. The maximum Gasteiger partial charge on any atom is 0.0621 e. The Bertz CT molecular complexity index is 3440. The van der Waals surface area contributed by atoms with Crippen molar-refractivity contribution >= 4 is 120 Å². The molecule has 0 unspecified atom stereocenters. The van der Waals surface area contributed by atoms with E-state index in [1.54, 1.807) is 0 Å². The number of benzene rings is 7. The van der Waals surface area contributed by atoms with Crippen LogP contribution in [0.15, 0.2) is 109 Å². The number of aryl methyl sites for hydroxylation is 4. The summed E-state index contributed by atoms with van der Waals surface area (Å²) < 4.78 is 10.00. The minimum atomic E-state index is 1.28. The molecule has 13 aromatic rings. The van der Waals surface area contributed by atoms with Crippen LogP contribution in [0.2, 0.25) is 0 Å². The van der Waals surface area contributed by atoms with Crippen molar-refractivity contribution in [1.82, 2.24) is 17.9 Å². The monoisotopic (exact) mass is 638 g/mol.